The van der Waals surface area contributed by atoms with E-state index in [0.29, 0.717) is 6.04 Å². The van der Waals surface area contributed by atoms with E-state index in [4.69, 9.17) is 4.74 Å². The van der Waals surface area contributed by atoms with Gasteiger partial charge in [-0.15, -0.1) is 0 Å². The SMILES string of the molecule is COc1ccc2c(c1)C1(CC1c1ccc3c(-c4ccc(N5CC(N(C)C)C5)cc4)n[nH]c3c1)C(=O)N2. The van der Waals surface area contributed by atoms with Crippen LogP contribution in [-0.4, -0.2) is 61.3 Å². The van der Waals surface area contributed by atoms with Gasteiger partial charge in [-0.2, -0.15) is 5.10 Å². The number of fused-ring (bicyclic) bond motifs is 3. The highest BCUT2D eigenvalue weighted by Gasteiger charge is 2.65. The van der Waals surface area contributed by atoms with Crippen LogP contribution in [0.5, 0.6) is 5.75 Å². The lowest BCUT2D eigenvalue weighted by Gasteiger charge is -2.44. The van der Waals surface area contributed by atoms with Crippen LogP contribution >= 0.6 is 0 Å². The molecule has 2 atom stereocenters. The quantitative estimate of drug-likeness (QED) is 0.445. The lowest BCUT2D eigenvalue weighted by atomic mass is 9.91. The van der Waals surface area contributed by atoms with E-state index >= 15 is 0 Å². The molecule has 2 fully saturated rings. The molecule has 4 aromatic rings. The molecule has 1 amide bonds. The number of rotatable bonds is 5. The van der Waals surface area contributed by atoms with Gasteiger partial charge in [0.25, 0.3) is 0 Å². The molecule has 182 valence electrons. The zero-order valence-electron chi connectivity index (χ0n) is 20.7. The minimum Gasteiger partial charge on any atom is -0.497 e. The lowest BCUT2D eigenvalue weighted by Crippen LogP contribution is -2.57. The summed E-state index contributed by atoms with van der Waals surface area (Å²) in [6, 6.07) is 21.6. The molecule has 0 radical (unpaired) electrons. The van der Waals surface area contributed by atoms with Gasteiger partial charge in [0.15, 0.2) is 0 Å². The second kappa shape index (κ2) is 7.58. The first-order valence-corrected chi connectivity index (χ1v) is 12.5. The summed E-state index contributed by atoms with van der Waals surface area (Å²) in [4.78, 5) is 17.7. The summed E-state index contributed by atoms with van der Waals surface area (Å²) < 4.78 is 5.43. The number of anilines is 2. The zero-order chi connectivity index (χ0) is 24.6. The summed E-state index contributed by atoms with van der Waals surface area (Å²) in [5, 5.41) is 12.0. The van der Waals surface area contributed by atoms with Gasteiger partial charge >= 0.3 is 0 Å². The predicted molar refractivity (Wildman–Crippen MR) is 142 cm³/mol. The van der Waals surface area contributed by atoms with E-state index in [2.05, 4.69) is 81.9 Å². The molecule has 36 heavy (non-hydrogen) atoms. The molecule has 2 unspecified atom stereocenters. The van der Waals surface area contributed by atoms with Crippen molar-refractivity contribution in [2.75, 3.05) is 44.5 Å². The third kappa shape index (κ3) is 3.02. The predicted octanol–water partition coefficient (Wildman–Crippen LogP) is 4.37. The zero-order valence-corrected chi connectivity index (χ0v) is 20.7. The van der Waals surface area contributed by atoms with Crippen molar-refractivity contribution in [1.29, 1.82) is 0 Å². The van der Waals surface area contributed by atoms with Crippen LogP contribution in [0.4, 0.5) is 11.4 Å². The van der Waals surface area contributed by atoms with Gasteiger partial charge in [-0.3, -0.25) is 9.89 Å². The highest BCUT2D eigenvalue weighted by Crippen LogP contribution is 2.65. The number of ether oxygens (including phenoxy) is 1. The third-order valence-corrected chi connectivity index (χ3v) is 8.41. The number of nitrogens with zero attached hydrogens (tertiary/aromatic N) is 3. The van der Waals surface area contributed by atoms with Crippen molar-refractivity contribution in [2.45, 2.75) is 23.8 Å². The molecule has 3 aliphatic rings. The van der Waals surface area contributed by atoms with Gasteiger partial charge < -0.3 is 19.9 Å². The Labute approximate surface area is 210 Å². The highest BCUT2D eigenvalue weighted by atomic mass is 16.5. The number of aromatic amines is 1. The third-order valence-electron chi connectivity index (χ3n) is 8.41. The maximum Gasteiger partial charge on any atom is 0.235 e. The molecule has 0 bridgehead atoms. The number of aromatic nitrogens is 2. The molecule has 7 heteroatoms. The van der Waals surface area contributed by atoms with Gasteiger partial charge in [0.1, 0.15) is 5.75 Å². The standard InChI is InChI=1S/C29H29N5O2/c1-33(2)20-15-34(16-20)19-7-4-17(5-8-19)27-22-10-6-18(12-26(22)31-32-27)24-14-29(24)23-13-21(36-3)9-11-25(23)30-28(29)35/h4-13,20,24H,14-16H2,1-3H3,(H,30,35)(H,31,32). The van der Waals surface area contributed by atoms with Gasteiger partial charge in [-0.05, 0) is 68.0 Å². The fourth-order valence-electron chi connectivity index (χ4n) is 6.00. The average Bonchev–Trinajstić information content (AvgIpc) is 3.38. The number of nitrogens with one attached hydrogen (secondary N) is 2. The molecule has 1 saturated heterocycles. The van der Waals surface area contributed by atoms with Crippen LogP contribution in [0.15, 0.2) is 60.7 Å². The molecule has 7 rings (SSSR count). The summed E-state index contributed by atoms with van der Waals surface area (Å²) in [6.45, 7) is 2.14. The maximum atomic E-state index is 13.0. The number of benzene rings is 3. The number of methoxy groups -OCH3 is 1. The highest BCUT2D eigenvalue weighted by molar-refractivity contribution is 6.10. The van der Waals surface area contributed by atoms with Crippen molar-refractivity contribution in [3.05, 3.63) is 71.8 Å². The molecule has 1 aliphatic carbocycles. The number of hydrogen-bond donors (Lipinski definition) is 2. The Morgan fingerprint density at radius 3 is 2.61 bits per heavy atom. The van der Waals surface area contributed by atoms with Crippen LogP contribution in [0.3, 0.4) is 0 Å². The number of likely N-dealkylation sites (N-methyl/N-ethyl adjacent to an activating group) is 1. The summed E-state index contributed by atoms with van der Waals surface area (Å²) in [5.41, 5.74) is 6.90. The molecular formula is C29H29N5O2. The second-order valence-corrected chi connectivity index (χ2v) is 10.5. The molecule has 7 nitrogen and oxygen atoms in total. The Hall–Kier alpha value is -3.84. The fraction of sp³-hybridized carbons (Fsp3) is 0.310. The molecule has 1 saturated carbocycles. The van der Waals surface area contributed by atoms with Crippen LogP contribution in [0.25, 0.3) is 22.2 Å². The summed E-state index contributed by atoms with van der Waals surface area (Å²) in [7, 11) is 5.94. The first-order valence-electron chi connectivity index (χ1n) is 12.5. The normalized spacial score (nSPS) is 22.7. The van der Waals surface area contributed by atoms with Crippen molar-refractivity contribution in [3.8, 4) is 17.0 Å². The monoisotopic (exact) mass is 479 g/mol. The van der Waals surface area contributed by atoms with Gasteiger partial charge in [-0.1, -0.05) is 24.3 Å². The van der Waals surface area contributed by atoms with Crippen LogP contribution in [0.2, 0.25) is 0 Å². The van der Waals surface area contributed by atoms with E-state index in [-0.39, 0.29) is 11.8 Å². The Morgan fingerprint density at radius 1 is 1.06 bits per heavy atom. The first kappa shape index (κ1) is 21.4. The first-order chi connectivity index (χ1) is 17.5. The summed E-state index contributed by atoms with van der Waals surface area (Å²) in [6.07, 6.45) is 0.804. The minimum atomic E-state index is -0.501. The Balaban J connectivity index is 1.15. The molecular weight excluding hydrogens is 450 g/mol. The largest absolute Gasteiger partial charge is 0.497 e. The van der Waals surface area contributed by atoms with Crippen LogP contribution < -0.4 is 15.0 Å². The van der Waals surface area contributed by atoms with Crippen molar-refractivity contribution < 1.29 is 9.53 Å². The number of hydrogen-bond acceptors (Lipinski definition) is 5. The van der Waals surface area contributed by atoms with Gasteiger partial charge in [-0.25, -0.2) is 0 Å². The van der Waals surface area contributed by atoms with Crippen molar-refractivity contribution >= 4 is 28.2 Å². The maximum absolute atomic E-state index is 13.0. The van der Waals surface area contributed by atoms with Crippen molar-refractivity contribution in [2.24, 2.45) is 0 Å². The fourth-order valence-corrected chi connectivity index (χ4v) is 6.00. The lowest BCUT2D eigenvalue weighted by molar-refractivity contribution is -0.118. The van der Waals surface area contributed by atoms with Crippen LogP contribution in [0.1, 0.15) is 23.5 Å². The van der Waals surface area contributed by atoms with E-state index in [0.717, 1.165) is 64.2 Å². The minimum absolute atomic E-state index is 0.0837. The Bertz CT molecular complexity index is 1500. The average molecular weight is 480 g/mol. The van der Waals surface area contributed by atoms with E-state index in [1.807, 2.05) is 18.2 Å². The summed E-state index contributed by atoms with van der Waals surface area (Å²) >= 11 is 0. The van der Waals surface area contributed by atoms with E-state index in [1.54, 1.807) is 7.11 Å². The van der Waals surface area contributed by atoms with E-state index < -0.39 is 5.41 Å². The van der Waals surface area contributed by atoms with Gasteiger partial charge in [0, 0.05) is 47.4 Å². The van der Waals surface area contributed by atoms with E-state index in [1.165, 1.54) is 5.69 Å². The number of carbonyl (C=O) groups is 1. The van der Waals surface area contributed by atoms with Crippen LogP contribution in [-0.2, 0) is 10.2 Å². The summed E-state index contributed by atoms with van der Waals surface area (Å²) in [5.74, 6) is 1.01. The van der Waals surface area contributed by atoms with E-state index in [9.17, 15) is 4.79 Å². The van der Waals surface area contributed by atoms with Gasteiger partial charge in [0.05, 0.1) is 23.7 Å². The molecule has 2 N–H and O–H groups in total. The molecule has 3 aromatic carbocycles. The van der Waals surface area contributed by atoms with Gasteiger partial charge in [0.2, 0.25) is 5.91 Å². The molecule has 1 aromatic heterocycles. The molecule has 1 spiro atoms. The Morgan fingerprint density at radius 2 is 1.86 bits per heavy atom. The second-order valence-electron chi connectivity index (χ2n) is 10.5. The topological polar surface area (TPSA) is 73.5 Å². The number of carbonyl (C=O) groups excluding carboxylic acids is 1. The Kier molecular flexibility index (Phi) is 4.51. The smallest absolute Gasteiger partial charge is 0.235 e. The van der Waals surface area contributed by atoms with Crippen molar-refractivity contribution in [3.63, 3.8) is 0 Å². The molecule has 2 aliphatic heterocycles. The number of amides is 1. The number of H-pyrrole nitrogens is 1. The van der Waals surface area contributed by atoms with Crippen molar-refractivity contribution in [1.82, 2.24) is 15.1 Å². The van der Waals surface area contributed by atoms with Crippen LogP contribution in [0, 0.1) is 0 Å². The molecule has 3 heterocycles.